The first-order chi connectivity index (χ1) is 14.2. The van der Waals surface area contributed by atoms with Crippen LogP contribution < -0.4 is 4.74 Å². The van der Waals surface area contributed by atoms with Crippen LogP contribution in [0.3, 0.4) is 0 Å². The number of halogens is 2. The van der Waals surface area contributed by atoms with Crippen molar-refractivity contribution in [3.05, 3.63) is 71.5 Å². The molecular formula is C20H16Br2N2O5S. The van der Waals surface area contributed by atoms with Crippen LogP contribution in [0.5, 0.6) is 5.75 Å². The summed E-state index contributed by atoms with van der Waals surface area (Å²) in [5, 5.41) is 10.5. The minimum atomic E-state index is -0.452. The number of benzene rings is 2. The molecule has 0 bridgehead atoms. The number of thioether (sulfide) groups is 1. The van der Waals surface area contributed by atoms with Crippen molar-refractivity contribution >= 4 is 66.5 Å². The highest BCUT2D eigenvalue weighted by atomic mass is 79.9. The number of imide groups is 1. The van der Waals surface area contributed by atoms with Crippen molar-refractivity contribution in [2.24, 2.45) is 0 Å². The summed E-state index contributed by atoms with van der Waals surface area (Å²) >= 11 is 7.86. The predicted octanol–water partition coefficient (Wildman–Crippen LogP) is 6.14. The molecule has 1 saturated heterocycles. The average Bonchev–Trinajstić information content (AvgIpc) is 2.94. The number of amides is 2. The van der Waals surface area contributed by atoms with E-state index in [1.54, 1.807) is 44.2 Å². The van der Waals surface area contributed by atoms with E-state index < -0.39 is 4.92 Å². The minimum absolute atomic E-state index is 0.0207. The number of nitro groups is 1. The van der Waals surface area contributed by atoms with E-state index in [-0.39, 0.29) is 29.5 Å². The monoisotopic (exact) mass is 554 g/mol. The molecule has 10 heteroatoms. The number of hydrogen-bond acceptors (Lipinski definition) is 6. The van der Waals surface area contributed by atoms with Crippen LogP contribution in [0.1, 0.15) is 25.0 Å². The lowest BCUT2D eigenvalue weighted by molar-refractivity contribution is -0.384. The van der Waals surface area contributed by atoms with Crippen molar-refractivity contribution in [3.8, 4) is 5.75 Å². The highest BCUT2D eigenvalue weighted by molar-refractivity contribution is 9.11. The van der Waals surface area contributed by atoms with E-state index in [1.807, 2.05) is 0 Å². The molecule has 30 heavy (non-hydrogen) atoms. The van der Waals surface area contributed by atoms with Crippen LogP contribution in [0.4, 0.5) is 10.5 Å². The molecule has 1 aliphatic heterocycles. The van der Waals surface area contributed by atoms with Crippen LogP contribution in [-0.4, -0.2) is 27.0 Å². The lowest BCUT2D eigenvalue weighted by Gasteiger charge is -2.16. The van der Waals surface area contributed by atoms with Gasteiger partial charge in [-0.2, -0.15) is 0 Å². The number of nitro benzene ring substituents is 1. The van der Waals surface area contributed by atoms with Gasteiger partial charge >= 0.3 is 0 Å². The number of nitrogens with zero attached hydrogens (tertiary/aromatic N) is 2. The summed E-state index contributed by atoms with van der Waals surface area (Å²) in [5.74, 6) is 0.256. The fourth-order valence-electron chi connectivity index (χ4n) is 2.75. The second kappa shape index (κ2) is 9.32. The van der Waals surface area contributed by atoms with E-state index in [0.29, 0.717) is 19.6 Å². The van der Waals surface area contributed by atoms with Gasteiger partial charge in [0.1, 0.15) is 12.4 Å². The van der Waals surface area contributed by atoms with Gasteiger partial charge in [-0.05, 0) is 98.9 Å². The van der Waals surface area contributed by atoms with Crippen molar-refractivity contribution in [2.75, 3.05) is 0 Å². The van der Waals surface area contributed by atoms with Gasteiger partial charge in [-0.15, -0.1) is 0 Å². The Hall–Kier alpha value is -2.17. The van der Waals surface area contributed by atoms with Gasteiger partial charge in [-0.3, -0.25) is 24.6 Å². The molecule has 0 atom stereocenters. The summed E-state index contributed by atoms with van der Waals surface area (Å²) in [7, 11) is 0. The summed E-state index contributed by atoms with van der Waals surface area (Å²) in [6.45, 7) is 3.81. The molecule has 156 valence electrons. The third kappa shape index (κ3) is 4.93. The minimum Gasteiger partial charge on any atom is -0.487 e. The molecule has 1 heterocycles. The third-order valence-electron chi connectivity index (χ3n) is 4.19. The predicted molar refractivity (Wildman–Crippen MR) is 122 cm³/mol. The van der Waals surface area contributed by atoms with Gasteiger partial charge in [0.2, 0.25) is 0 Å². The number of ether oxygens (including phenoxy) is 1. The lowest BCUT2D eigenvalue weighted by Crippen LogP contribution is -2.34. The zero-order valence-electron chi connectivity index (χ0n) is 15.9. The smallest absolute Gasteiger partial charge is 0.293 e. The third-order valence-corrected chi connectivity index (χ3v) is 6.25. The Morgan fingerprint density at radius 3 is 2.27 bits per heavy atom. The van der Waals surface area contributed by atoms with E-state index in [0.717, 1.165) is 22.9 Å². The first-order valence-electron chi connectivity index (χ1n) is 8.79. The SMILES string of the molecule is CC(C)N1C(=O)S/C(=C\c2cc(Br)c(OCc3ccc([N+](=O)[O-])cc3)c(Br)c2)C1=O. The maximum Gasteiger partial charge on any atom is 0.293 e. The maximum atomic E-state index is 12.4. The molecule has 0 aromatic heterocycles. The van der Waals surface area contributed by atoms with Crippen molar-refractivity contribution in [1.29, 1.82) is 0 Å². The van der Waals surface area contributed by atoms with Crippen LogP contribution in [0.15, 0.2) is 50.2 Å². The van der Waals surface area contributed by atoms with Crippen LogP contribution >= 0.6 is 43.6 Å². The summed E-state index contributed by atoms with van der Waals surface area (Å²) in [6, 6.07) is 9.51. The van der Waals surface area contributed by atoms with Gasteiger partial charge in [0.15, 0.2) is 0 Å². The summed E-state index contributed by atoms with van der Waals surface area (Å²) in [5.41, 5.74) is 1.53. The van der Waals surface area contributed by atoms with Gasteiger partial charge in [0, 0.05) is 18.2 Å². The lowest BCUT2D eigenvalue weighted by atomic mass is 10.2. The average molecular weight is 556 g/mol. The van der Waals surface area contributed by atoms with Crippen LogP contribution in [-0.2, 0) is 11.4 Å². The molecule has 0 N–H and O–H groups in total. The van der Waals surface area contributed by atoms with E-state index >= 15 is 0 Å². The number of rotatable bonds is 6. The molecule has 1 fully saturated rings. The van der Waals surface area contributed by atoms with Gasteiger partial charge in [-0.1, -0.05) is 0 Å². The normalized spacial score (nSPS) is 15.4. The Bertz CT molecular complexity index is 1030. The Labute approximate surface area is 193 Å². The van der Waals surface area contributed by atoms with Crippen molar-refractivity contribution < 1.29 is 19.2 Å². The fourth-order valence-corrected chi connectivity index (χ4v) is 5.16. The summed E-state index contributed by atoms with van der Waals surface area (Å²) in [6.07, 6.45) is 1.67. The first kappa shape index (κ1) is 22.5. The van der Waals surface area contributed by atoms with Gasteiger partial charge in [0.05, 0.1) is 18.8 Å². The summed E-state index contributed by atoms with van der Waals surface area (Å²) < 4.78 is 7.17. The molecule has 1 aliphatic rings. The Morgan fingerprint density at radius 2 is 1.77 bits per heavy atom. The quantitative estimate of drug-likeness (QED) is 0.241. The number of non-ortho nitro benzene ring substituents is 1. The molecule has 0 unspecified atom stereocenters. The maximum absolute atomic E-state index is 12.4. The Kier molecular flexibility index (Phi) is 6.99. The van der Waals surface area contributed by atoms with Gasteiger partial charge in [-0.25, -0.2) is 0 Å². The molecule has 2 aromatic rings. The number of hydrogen-bond donors (Lipinski definition) is 0. The molecular weight excluding hydrogens is 540 g/mol. The zero-order chi connectivity index (χ0) is 22.0. The number of carbonyl (C=O) groups is 2. The van der Waals surface area contributed by atoms with E-state index in [9.17, 15) is 19.7 Å². The standard InChI is InChI=1S/C20H16Br2N2O5S/c1-11(2)23-19(25)17(30-20(23)26)9-13-7-15(21)18(16(22)8-13)29-10-12-3-5-14(6-4-12)24(27)28/h3-9,11H,10H2,1-2H3/b17-9-. The molecule has 0 radical (unpaired) electrons. The molecule has 7 nitrogen and oxygen atoms in total. The van der Waals surface area contributed by atoms with Crippen molar-refractivity contribution in [3.63, 3.8) is 0 Å². The van der Waals surface area contributed by atoms with Crippen LogP contribution in [0.2, 0.25) is 0 Å². The topological polar surface area (TPSA) is 89.8 Å². The van der Waals surface area contributed by atoms with E-state index in [4.69, 9.17) is 4.74 Å². The highest BCUT2D eigenvalue weighted by Gasteiger charge is 2.36. The van der Waals surface area contributed by atoms with Crippen LogP contribution in [0, 0.1) is 10.1 Å². The Morgan fingerprint density at radius 1 is 1.17 bits per heavy atom. The zero-order valence-corrected chi connectivity index (χ0v) is 19.9. The number of carbonyl (C=O) groups excluding carboxylic acids is 2. The summed E-state index contributed by atoms with van der Waals surface area (Å²) in [4.78, 5) is 36.4. The first-order valence-corrected chi connectivity index (χ1v) is 11.2. The molecule has 2 amide bonds. The second-order valence-electron chi connectivity index (χ2n) is 6.67. The van der Waals surface area contributed by atoms with Gasteiger partial charge < -0.3 is 4.74 Å². The van der Waals surface area contributed by atoms with Crippen molar-refractivity contribution in [1.82, 2.24) is 4.90 Å². The molecule has 0 spiro atoms. The molecule has 0 saturated carbocycles. The van der Waals surface area contributed by atoms with Crippen molar-refractivity contribution in [2.45, 2.75) is 26.5 Å². The van der Waals surface area contributed by atoms with E-state index in [1.165, 1.54) is 17.0 Å². The van der Waals surface area contributed by atoms with Gasteiger partial charge in [0.25, 0.3) is 16.8 Å². The largest absolute Gasteiger partial charge is 0.487 e. The second-order valence-corrected chi connectivity index (χ2v) is 9.37. The van der Waals surface area contributed by atoms with E-state index in [2.05, 4.69) is 31.9 Å². The van der Waals surface area contributed by atoms with Crippen LogP contribution in [0.25, 0.3) is 6.08 Å². The molecule has 0 aliphatic carbocycles. The Balaban J connectivity index is 1.76. The molecule has 2 aromatic carbocycles. The highest BCUT2D eigenvalue weighted by Crippen LogP contribution is 2.38. The fraction of sp³-hybridized carbons (Fsp3) is 0.200. The molecule has 3 rings (SSSR count).